The zero-order valence-corrected chi connectivity index (χ0v) is 14.0. The molecule has 1 aliphatic carbocycles. The van der Waals surface area contributed by atoms with E-state index in [1.807, 2.05) is 36.2 Å². The van der Waals surface area contributed by atoms with Crippen LogP contribution in [0, 0.1) is 5.92 Å². The highest BCUT2D eigenvalue weighted by Crippen LogP contribution is 2.39. The van der Waals surface area contributed by atoms with Crippen LogP contribution in [0.2, 0.25) is 0 Å². The first-order valence-corrected chi connectivity index (χ1v) is 9.40. The molecule has 0 amide bonds. The van der Waals surface area contributed by atoms with Gasteiger partial charge < -0.3 is 5.11 Å². The molecule has 1 saturated carbocycles. The third kappa shape index (κ3) is 4.97. The SMILES string of the molecule is CC(C)S[C@@H](Sc1ccccn1)[C@@H](O)C1CCCCC1. The van der Waals surface area contributed by atoms with Gasteiger partial charge in [0, 0.05) is 11.4 Å². The van der Waals surface area contributed by atoms with E-state index in [-0.39, 0.29) is 10.7 Å². The van der Waals surface area contributed by atoms with Crippen LogP contribution in [0.25, 0.3) is 0 Å². The van der Waals surface area contributed by atoms with Crippen LogP contribution in [0.15, 0.2) is 29.4 Å². The Morgan fingerprint density at radius 3 is 2.55 bits per heavy atom. The fourth-order valence-electron chi connectivity index (χ4n) is 2.68. The monoisotopic (exact) mass is 311 g/mol. The van der Waals surface area contributed by atoms with Gasteiger partial charge >= 0.3 is 0 Å². The van der Waals surface area contributed by atoms with Crippen LogP contribution < -0.4 is 0 Å². The van der Waals surface area contributed by atoms with Crippen molar-refractivity contribution in [2.75, 3.05) is 0 Å². The fraction of sp³-hybridized carbons (Fsp3) is 0.688. The first-order chi connectivity index (χ1) is 9.66. The van der Waals surface area contributed by atoms with Gasteiger partial charge in [0.1, 0.15) is 0 Å². The minimum absolute atomic E-state index is 0.188. The normalized spacial score (nSPS) is 20.0. The Morgan fingerprint density at radius 2 is 1.95 bits per heavy atom. The zero-order valence-electron chi connectivity index (χ0n) is 12.4. The molecule has 0 bridgehead atoms. The highest BCUT2D eigenvalue weighted by molar-refractivity contribution is 8.17. The summed E-state index contributed by atoms with van der Waals surface area (Å²) in [7, 11) is 0. The second kappa shape index (κ2) is 8.30. The number of hydrogen-bond acceptors (Lipinski definition) is 4. The van der Waals surface area contributed by atoms with E-state index in [4.69, 9.17) is 0 Å². The van der Waals surface area contributed by atoms with E-state index in [2.05, 4.69) is 18.8 Å². The zero-order chi connectivity index (χ0) is 14.4. The van der Waals surface area contributed by atoms with Crippen LogP contribution in [-0.4, -0.2) is 26.0 Å². The molecule has 2 atom stereocenters. The predicted octanol–water partition coefficient (Wildman–Crippen LogP) is 4.58. The molecule has 0 unspecified atom stereocenters. The van der Waals surface area contributed by atoms with Crippen molar-refractivity contribution < 1.29 is 5.11 Å². The molecule has 20 heavy (non-hydrogen) atoms. The lowest BCUT2D eigenvalue weighted by molar-refractivity contribution is 0.0987. The van der Waals surface area contributed by atoms with E-state index in [0.717, 1.165) is 5.03 Å². The molecule has 1 aliphatic rings. The van der Waals surface area contributed by atoms with Crippen LogP contribution in [-0.2, 0) is 0 Å². The first-order valence-electron chi connectivity index (χ1n) is 7.58. The van der Waals surface area contributed by atoms with Crippen LogP contribution >= 0.6 is 23.5 Å². The third-order valence-electron chi connectivity index (χ3n) is 3.69. The van der Waals surface area contributed by atoms with Gasteiger partial charge in [-0.25, -0.2) is 4.98 Å². The van der Waals surface area contributed by atoms with Gasteiger partial charge in [-0.2, -0.15) is 0 Å². The van der Waals surface area contributed by atoms with Gasteiger partial charge in [-0.15, -0.1) is 11.8 Å². The summed E-state index contributed by atoms with van der Waals surface area (Å²) in [5, 5.41) is 12.3. The van der Waals surface area contributed by atoms with E-state index in [0.29, 0.717) is 11.2 Å². The van der Waals surface area contributed by atoms with E-state index in [9.17, 15) is 5.11 Å². The van der Waals surface area contributed by atoms with Crippen molar-refractivity contribution in [2.45, 2.75) is 66.9 Å². The molecule has 0 spiro atoms. The standard InChI is InChI=1S/C16H25NOS2/c1-12(2)19-16(20-14-10-6-7-11-17-14)15(18)13-8-4-3-5-9-13/h6-7,10-13,15-16,18H,3-5,8-9H2,1-2H3/t15-,16-/m0/s1. The van der Waals surface area contributed by atoms with Crippen molar-refractivity contribution in [1.29, 1.82) is 0 Å². The molecule has 1 aromatic rings. The van der Waals surface area contributed by atoms with E-state index < -0.39 is 0 Å². The van der Waals surface area contributed by atoms with Gasteiger partial charge in [-0.3, -0.25) is 0 Å². The summed E-state index contributed by atoms with van der Waals surface area (Å²) in [6.45, 7) is 4.40. The Hall–Kier alpha value is -0.190. The van der Waals surface area contributed by atoms with Gasteiger partial charge in [-0.1, -0.05) is 50.9 Å². The van der Waals surface area contributed by atoms with Crippen molar-refractivity contribution in [3.8, 4) is 0 Å². The highest BCUT2D eigenvalue weighted by Gasteiger charge is 2.30. The van der Waals surface area contributed by atoms with Gasteiger partial charge in [0.15, 0.2) is 0 Å². The fourth-order valence-corrected chi connectivity index (χ4v) is 5.66. The quantitative estimate of drug-likeness (QED) is 0.615. The number of nitrogens with zero attached hydrogens (tertiary/aromatic N) is 1. The number of pyridine rings is 1. The van der Waals surface area contributed by atoms with Crippen LogP contribution in [0.4, 0.5) is 0 Å². The molecular formula is C16H25NOS2. The maximum atomic E-state index is 10.8. The molecule has 1 N–H and O–H groups in total. The molecule has 112 valence electrons. The number of aliphatic hydroxyl groups is 1. The summed E-state index contributed by atoms with van der Waals surface area (Å²) in [5.41, 5.74) is 0. The number of rotatable bonds is 6. The average Bonchev–Trinajstić information content (AvgIpc) is 2.47. The van der Waals surface area contributed by atoms with Gasteiger partial charge in [0.2, 0.25) is 0 Å². The third-order valence-corrected chi connectivity index (χ3v) is 6.40. The summed E-state index contributed by atoms with van der Waals surface area (Å²) in [6.07, 6.45) is 7.84. The van der Waals surface area contributed by atoms with Gasteiger partial charge in [0.05, 0.1) is 15.7 Å². The maximum absolute atomic E-state index is 10.8. The largest absolute Gasteiger partial charge is 0.391 e. The Balaban J connectivity index is 2.01. The molecule has 0 saturated heterocycles. The molecule has 0 aromatic carbocycles. The van der Waals surface area contributed by atoms with Crippen LogP contribution in [0.3, 0.4) is 0 Å². The molecule has 1 fully saturated rings. The maximum Gasteiger partial charge on any atom is 0.0971 e. The van der Waals surface area contributed by atoms with E-state index in [1.165, 1.54) is 32.1 Å². The van der Waals surface area contributed by atoms with Crippen molar-refractivity contribution >= 4 is 23.5 Å². The lowest BCUT2D eigenvalue weighted by Gasteiger charge is -2.32. The van der Waals surface area contributed by atoms with Crippen LogP contribution in [0.5, 0.6) is 0 Å². The summed E-state index contributed by atoms with van der Waals surface area (Å²) in [5.74, 6) is 0.469. The summed E-state index contributed by atoms with van der Waals surface area (Å²) in [6, 6.07) is 5.98. The van der Waals surface area contributed by atoms with Crippen molar-refractivity contribution in [3.63, 3.8) is 0 Å². The molecule has 4 heteroatoms. The first kappa shape index (κ1) is 16.2. The summed E-state index contributed by atoms with van der Waals surface area (Å²) in [4.78, 5) is 4.39. The average molecular weight is 312 g/mol. The second-order valence-corrected chi connectivity index (χ2v) is 8.91. The molecule has 1 heterocycles. The Bertz CT molecular complexity index is 379. The lowest BCUT2D eigenvalue weighted by atomic mass is 9.86. The van der Waals surface area contributed by atoms with E-state index >= 15 is 0 Å². The highest BCUT2D eigenvalue weighted by atomic mass is 32.2. The van der Waals surface area contributed by atoms with Crippen LogP contribution in [0.1, 0.15) is 46.0 Å². The van der Waals surface area contributed by atoms with Gasteiger partial charge in [0.25, 0.3) is 0 Å². The minimum atomic E-state index is -0.227. The van der Waals surface area contributed by atoms with E-state index in [1.54, 1.807) is 11.8 Å². The summed E-state index contributed by atoms with van der Waals surface area (Å²) >= 11 is 3.59. The molecule has 2 rings (SSSR count). The summed E-state index contributed by atoms with van der Waals surface area (Å²) < 4.78 is 0.188. The smallest absolute Gasteiger partial charge is 0.0971 e. The second-order valence-electron chi connectivity index (χ2n) is 5.73. The van der Waals surface area contributed by atoms with Crippen molar-refractivity contribution in [2.24, 2.45) is 5.92 Å². The lowest BCUT2D eigenvalue weighted by Crippen LogP contribution is -2.31. The molecule has 2 nitrogen and oxygen atoms in total. The number of aliphatic hydroxyl groups excluding tert-OH is 1. The molecule has 0 radical (unpaired) electrons. The minimum Gasteiger partial charge on any atom is -0.391 e. The molecule has 0 aliphatic heterocycles. The Labute approximate surface area is 131 Å². The van der Waals surface area contributed by atoms with Crippen molar-refractivity contribution in [3.05, 3.63) is 24.4 Å². The molecule has 1 aromatic heterocycles. The number of hydrogen-bond donors (Lipinski definition) is 1. The Kier molecular flexibility index (Phi) is 6.72. The molecular weight excluding hydrogens is 286 g/mol. The number of aromatic nitrogens is 1. The predicted molar refractivity (Wildman–Crippen MR) is 89.2 cm³/mol. The Morgan fingerprint density at radius 1 is 1.20 bits per heavy atom. The van der Waals surface area contributed by atoms with Crippen molar-refractivity contribution in [1.82, 2.24) is 4.98 Å². The number of thioether (sulfide) groups is 2. The van der Waals surface area contributed by atoms with Gasteiger partial charge in [-0.05, 0) is 30.9 Å². The topological polar surface area (TPSA) is 33.1 Å².